The number of nitrogens with one attached hydrogen (secondary N) is 1. The van der Waals surface area contributed by atoms with Crippen molar-refractivity contribution in [3.05, 3.63) is 24.3 Å². The monoisotopic (exact) mass is 272 g/mol. The fourth-order valence-corrected chi connectivity index (χ4v) is 1.55. The number of rotatable bonds is 7. The van der Waals surface area contributed by atoms with Gasteiger partial charge >= 0.3 is 6.61 Å². The Balaban J connectivity index is 2.68. The van der Waals surface area contributed by atoms with E-state index in [-0.39, 0.29) is 11.4 Å². The van der Waals surface area contributed by atoms with Crippen molar-refractivity contribution >= 4 is 11.6 Å². The molecule has 1 rings (SSSR count). The van der Waals surface area contributed by atoms with E-state index in [1.165, 1.54) is 12.1 Å². The van der Waals surface area contributed by atoms with Crippen LogP contribution in [-0.2, 0) is 4.79 Å². The maximum atomic E-state index is 12.2. The third-order valence-corrected chi connectivity index (χ3v) is 2.57. The second-order valence-electron chi connectivity index (χ2n) is 4.11. The predicted octanol–water partition coefficient (Wildman–Crippen LogP) is 2.74. The van der Waals surface area contributed by atoms with Crippen molar-refractivity contribution in [2.75, 3.05) is 5.32 Å². The lowest BCUT2D eigenvalue weighted by Gasteiger charge is -2.14. The first-order valence-electron chi connectivity index (χ1n) is 6.15. The zero-order valence-corrected chi connectivity index (χ0v) is 10.7. The molecule has 19 heavy (non-hydrogen) atoms. The largest absolute Gasteiger partial charge is 0.433 e. The number of halogens is 2. The number of hydrogen-bond donors (Lipinski definition) is 2. The molecule has 4 nitrogen and oxygen atoms in total. The second kappa shape index (κ2) is 7.68. The lowest BCUT2D eigenvalue weighted by molar-refractivity contribution is -0.117. The smallest absolute Gasteiger partial charge is 0.387 e. The number of amides is 1. The van der Waals surface area contributed by atoms with Gasteiger partial charge in [0.05, 0.1) is 11.7 Å². The number of benzene rings is 1. The quantitative estimate of drug-likeness (QED) is 0.802. The molecule has 1 atom stereocenters. The number of hydrogen-bond acceptors (Lipinski definition) is 3. The van der Waals surface area contributed by atoms with Crippen molar-refractivity contribution in [2.45, 2.75) is 38.8 Å². The first-order valence-corrected chi connectivity index (χ1v) is 6.15. The number of alkyl halides is 2. The highest BCUT2D eigenvalue weighted by atomic mass is 19.3. The van der Waals surface area contributed by atoms with Crippen LogP contribution in [-0.4, -0.2) is 18.6 Å². The molecule has 0 fully saturated rings. The third-order valence-electron chi connectivity index (χ3n) is 2.57. The van der Waals surface area contributed by atoms with Crippen LogP contribution in [0.15, 0.2) is 24.3 Å². The standard InChI is InChI=1S/C13H18F2N2O2/c1-2-3-6-9(16)12(18)17-10-7-4-5-8-11(10)19-13(14)15/h4-5,7-9,13H,2-3,6,16H2,1H3,(H,17,18). The SMILES string of the molecule is CCCCC(N)C(=O)Nc1ccccc1OC(F)F. The summed E-state index contributed by atoms with van der Waals surface area (Å²) in [6.45, 7) is -0.942. The van der Waals surface area contributed by atoms with Crippen molar-refractivity contribution in [1.29, 1.82) is 0 Å². The van der Waals surface area contributed by atoms with E-state index in [0.29, 0.717) is 6.42 Å². The maximum Gasteiger partial charge on any atom is 0.387 e. The van der Waals surface area contributed by atoms with Gasteiger partial charge < -0.3 is 15.8 Å². The third kappa shape index (κ3) is 5.21. The Morgan fingerprint density at radius 3 is 2.74 bits per heavy atom. The Morgan fingerprint density at radius 2 is 2.11 bits per heavy atom. The van der Waals surface area contributed by atoms with Gasteiger partial charge in [-0.2, -0.15) is 8.78 Å². The molecular weight excluding hydrogens is 254 g/mol. The van der Waals surface area contributed by atoms with Gasteiger partial charge in [0.15, 0.2) is 0 Å². The van der Waals surface area contributed by atoms with Gasteiger partial charge in [-0.3, -0.25) is 4.79 Å². The van der Waals surface area contributed by atoms with E-state index in [4.69, 9.17) is 5.73 Å². The Bertz CT molecular complexity index is 413. The highest BCUT2D eigenvalue weighted by molar-refractivity contribution is 5.95. The number of carbonyl (C=O) groups excluding carboxylic acids is 1. The first kappa shape index (κ1) is 15.4. The molecule has 3 N–H and O–H groups in total. The fourth-order valence-electron chi connectivity index (χ4n) is 1.55. The molecule has 6 heteroatoms. The van der Waals surface area contributed by atoms with E-state index >= 15 is 0 Å². The average molecular weight is 272 g/mol. The van der Waals surface area contributed by atoms with Crippen molar-refractivity contribution in [2.24, 2.45) is 5.73 Å². The van der Waals surface area contributed by atoms with Crippen molar-refractivity contribution < 1.29 is 18.3 Å². The molecule has 0 aliphatic heterocycles. The van der Waals surface area contributed by atoms with Crippen molar-refractivity contribution in [3.63, 3.8) is 0 Å². The Kier molecular flexibility index (Phi) is 6.21. The lowest BCUT2D eigenvalue weighted by Crippen LogP contribution is -2.35. The Morgan fingerprint density at radius 1 is 1.42 bits per heavy atom. The van der Waals surface area contributed by atoms with Gasteiger partial charge in [0.1, 0.15) is 5.75 Å². The van der Waals surface area contributed by atoms with Crippen LogP contribution in [0.5, 0.6) is 5.75 Å². The minimum atomic E-state index is -2.94. The summed E-state index contributed by atoms with van der Waals surface area (Å²) in [5.41, 5.74) is 5.90. The molecule has 0 saturated heterocycles. The number of nitrogens with two attached hydrogens (primary N) is 1. The van der Waals surface area contributed by atoms with Crippen LogP contribution in [0.1, 0.15) is 26.2 Å². The summed E-state index contributed by atoms with van der Waals surface area (Å²) in [6, 6.07) is 5.36. The van der Waals surface area contributed by atoms with Crippen LogP contribution in [0, 0.1) is 0 Å². The second-order valence-corrected chi connectivity index (χ2v) is 4.11. The minimum absolute atomic E-state index is 0.0754. The zero-order valence-electron chi connectivity index (χ0n) is 10.7. The zero-order chi connectivity index (χ0) is 14.3. The highest BCUT2D eigenvalue weighted by Gasteiger charge is 2.16. The van der Waals surface area contributed by atoms with Gasteiger partial charge in [-0.05, 0) is 18.6 Å². The molecule has 0 radical (unpaired) electrons. The molecule has 1 unspecified atom stereocenters. The number of para-hydroxylation sites is 2. The van der Waals surface area contributed by atoms with Gasteiger partial charge in [-0.1, -0.05) is 31.9 Å². The van der Waals surface area contributed by atoms with Gasteiger partial charge in [0.25, 0.3) is 0 Å². The van der Waals surface area contributed by atoms with E-state index in [9.17, 15) is 13.6 Å². The molecule has 1 aromatic rings. The number of unbranched alkanes of at least 4 members (excludes halogenated alkanes) is 1. The molecule has 0 bridgehead atoms. The van der Waals surface area contributed by atoms with Gasteiger partial charge in [0, 0.05) is 0 Å². The molecule has 0 aliphatic rings. The van der Waals surface area contributed by atoms with Crippen molar-refractivity contribution in [1.82, 2.24) is 0 Å². The van der Waals surface area contributed by atoms with Crippen LogP contribution in [0.3, 0.4) is 0 Å². The van der Waals surface area contributed by atoms with Gasteiger partial charge in [0.2, 0.25) is 5.91 Å². The summed E-state index contributed by atoms with van der Waals surface area (Å²) in [5, 5.41) is 2.50. The number of anilines is 1. The summed E-state index contributed by atoms with van der Waals surface area (Å²) in [5.74, 6) is -0.479. The molecule has 0 spiro atoms. The summed E-state index contributed by atoms with van der Waals surface area (Å²) in [4.78, 5) is 11.8. The topological polar surface area (TPSA) is 64.4 Å². The van der Waals surface area contributed by atoms with E-state index in [2.05, 4.69) is 10.1 Å². The molecule has 106 valence electrons. The predicted molar refractivity (Wildman–Crippen MR) is 69.2 cm³/mol. The van der Waals surface area contributed by atoms with Gasteiger partial charge in [-0.25, -0.2) is 0 Å². The summed E-state index contributed by atoms with van der Waals surface area (Å²) in [7, 11) is 0. The van der Waals surface area contributed by atoms with Crippen LogP contribution in [0.4, 0.5) is 14.5 Å². The molecule has 0 heterocycles. The molecule has 0 saturated carbocycles. The maximum absolute atomic E-state index is 12.2. The minimum Gasteiger partial charge on any atom is -0.433 e. The lowest BCUT2D eigenvalue weighted by atomic mass is 10.1. The molecular formula is C13H18F2N2O2. The van der Waals surface area contributed by atoms with E-state index in [0.717, 1.165) is 12.8 Å². The molecule has 0 aromatic heterocycles. The van der Waals surface area contributed by atoms with E-state index in [1.54, 1.807) is 12.1 Å². The summed E-state index contributed by atoms with van der Waals surface area (Å²) >= 11 is 0. The van der Waals surface area contributed by atoms with E-state index < -0.39 is 18.6 Å². The summed E-state index contributed by atoms with van der Waals surface area (Å²) < 4.78 is 28.7. The fraction of sp³-hybridized carbons (Fsp3) is 0.462. The van der Waals surface area contributed by atoms with Crippen LogP contribution in [0.25, 0.3) is 0 Å². The highest BCUT2D eigenvalue weighted by Crippen LogP contribution is 2.25. The average Bonchev–Trinajstić information content (AvgIpc) is 2.37. The molecule has 1 amide bonds. The Hall–Kier alpha value is -1.69. The van der Waals surface area contributed by atoms with E-state index in [1.807, 2.05) is 6.92 Å². The summed E-state index contributed by atoms with van der Waals surface area (Å²) in [6.07, 6.45) is 2.33. The Labute approximate surface area is 110 Å². The normalized spacial score (nSPS) is 12.3. The van der Waals surface area contributed by atoms with Gasteiger partial charge in [-0.15, -0.1) is 0 Å². The molecule has 0 aliphatic carbocycles. The van der Waals surface area contributed by atoms with Crippen molar-refractivity contribution in [3.8, 4) is 5.75 Å². The first-order chi connectivity index (χ1) is 9.04. The van der Waals surface area contributed by atoms with Crippen LogP contribution < -0.4 is 15.8 Å². The van der Waals surface area contributed by atoms with Crippen LogP contribution >= 0.6 is 0 Å². The molecule has 1 aromatic carbocycles. The van der Waals surface area contributed by atoms with Crippen LogP contribution in [0.2, 0.25) is 0 Å². The number of ether oxygens (including phenoxy) is 1. The number of carbonyl (C=O) groups is 1.